The van der Waals surface area contributed by atoms with Crippen molar-refractivity contribution in [1.29, 1.82) is 0 Å². The van der Waals surface area contributed by atoms with Crippen LogP contribution in [0.25, 0.3) is 0 Å². The molecule has 1 atom stereocenters. The molecule has 7 heteroatoms. The SMILES string of the molecule is Cc1nc(CN2Cc3nccn3C[C@H](CN3CCOCC3)C2)cs1. The summed E-state index contributed by atoms with van der Waals surface area (Å²) in [5, 5.41) is 3.33. The molecule has 1 saturated heterocycles. The van der Waals surface area contributed by atoms with Crippen LogP contribution in [0, 0.1) is 12.8 Å². The van der Waals surface area contributed by atoms with Gasteiger partial charge in [-0.3, -0.25) is 9.80 Å². The summed E-state index contributed by atoms with van der Waals surface area (Å²) in [6.45, 7) is 11.0. The van der Waals surface area contributed by atoms with Gasteiger partial charge in [-0.05, 0) is 6.92 Å². The molecule has 130 valence electrons. The summed E-state index contributed by atoms with van der Waals surface area (Å²) in [6.07, 6.45) is 4.05. The monoisotopic (exact) mass is 347 g/mol. The predicted molar refractivity (Wildman–Crippen MR) is 93.9 cm³/mol. The Morgan fingerprint density at radius 2 is 2.12 bits per heavy atom. The van der Waals surface area contributed by atoms with Crippen molar-refractivity contribution < 1.29 is 4.74 Å². The van der Waals surface area contributed by atoms with Gasteiger partial charge in [-0.2, -0.15) is 0 Å². The van der Waals surface area contributed by atoms with Crippen molar-refractivity contribution in [3.63, 3.8) is 0 Å². The molecule has 0 saturated carbocycles. The van der Waals surface area contributed by atoms with Gasteiger partial charge in [-0.1, -0.05) is 0 Å². The highest BCUT2D eigenvalue weighted by Crippen LogP contribution is 2.20. The van der Waals surface area contributed by atoms with Gasteiger partial charge in [-0.25, -0.2) is 9.97 Å². The van der Waals surface area contributed by atoms with Gasteiger partial charge in [0.25, 0.3) is 0 Å². The molecule has 0 unspecified atom stereocenters. The molecule has 4 rings (SSSR count). The first-order chi connectivity index (χ1) is 11.8. The molecule has 0 spiro atoms. The highest BCUT2D eigenvalue weighted by Gasteiger charge is 2.25. The number of ether oxygens (including phenoxy) is 1. The molecule has 2 aromatic rings. The Morgan fingerprint density at radius 1 is 1.25 bits per heavy atom. The summed E-state index contributed by atoms with van der Waals surface area (Å²) in [7, 11) is 0. The van der Waals surface area contributed by atoms with Crippen LogP contribution in [0.1, 0.15) is 16.5 Å². The van der Waals surface area contributed by atoms with E-state index in [0.29, 0.717) is 5.92 Å². The van der Waals surface area contributed by atoms with Crippen LogP contribution in [0.15, 0.2) is 17.8 Å². The number of thiazole rings is 1. The largest absolute Gasteiger partial charge is 0.379 e. The van der Waals surface area contributed by atoms with Crippen LogP contribution in [0.3, 0.4) is 0 Å². The molecule has 0 aromatic carbocycles. The Hall–Kier alpha value is -1.28. The minimum atomic E-state index is 0.610. The van der Waals surface area contributed by atoms with Crippen molar-refractivity contribution in [2.45, 2.75) is 26.6 Å². The lowest BCUT2D eigenvalue weighted by atomic mass is 10.1. The van der Waals surface area contributed by atoms with Crippen molar-refractivity contribution >= 4 is 11.3 Å². The standard InChI is InChI=1S/C17H25N5OS/c1-14-19-16(13-24-14)11-21-9-15(8-20-4-6-23-7-5-20)10-22-3-2-18-17(22)12-21/h2-3,13,15H,4-12H2,1H3/t15-/m1/s1. The zero-order valence-corrected chi connectivity index (χ0v) is 15.0. The number of imidazole rings is 1. The van der Waals surface area contributed by atoms with Crippen molar-refractivity contribution in [1.82, 2.24) is 24.3 Å². The van der Waals surface area contributed by atoms with E-state index in [4.69, 9.17) is 4.74 Å². The smallest absolute Gasteiger partial charge is 0.122 e. The van der Waals surface area contributed by atoms with Gasteiger partial charge in [0.1, 0.15) is 5.82 Å². The lowest BCUT2D eigenvalue weighted by Gasteiger charge is -2.31. The van der Waals surface area contributed by atoms with E-state index in [-0.39, 0.29) is 0 Å². The van der Waals surface area contributed by atoms with E-state index in [0.717, 1.165) is 64.0 Å². The summed E-state index contributed by atoms with van der Waals surface area (Å²) < 4.78 is 7.82. The zero-order chi connectivity index (χ0) is 16.4. The van der Waals surface area contributed by atoms with Crippen molar-refractivity contribution in [2.24, 2.45) is 5.92 Å². The molecule has 2 aromatic heterocycles. The van der Waals surface area contributed by atoms with E-state index < -0.39 is 0 Å². The van der Waals surface area contributed by atoms with Crippen LogP contribution >= 0.6 is 11.3 Å². The molecule has 4 heterocycles. The average Bonchev–Trinajstić information content (AvgIpc) is 3.14. The second-order valence-electron chi connectivity index (χ2n) is 6.80. The van der Waals surface area contributed by atoms with Gasteiger partial charge in [0, 0.05) is 63.0 Å². The van der Waals surface area contributed by atoms with E-state index in [9.17, 15) is 0 Å². The molecule has 1 fully saturated rings. The van der Waals surface area contributed by atoms with Crippen LogP contribution in [-0.4, -0.2) is 63.7 Å². The molecular weight excluding hydrogens is 322 g/mol. The number of rotatable bonds is 4. The number of fused-ring (bicyclic) bond motifs is 1. The normalized spacial score (nSPS) is 23.1. The Morgan fingerprint density at radius 3 is 2.92 bits per heavy atom. The third-order valence-electron chi connectivity index (χ3n) is 4.81. The van der Waals surface area contributed by atoms with E-state index in [1.165, 1.54) is 11.5 Å². The second-order valence-corrected chi connectivity index (χ2v) is 7.86. The minimum Gasteiger partial charge on any atom is -0.379 e. The van der Waals surface area contributed by atoms with Crippen LogP contribution in [0.4, 0.5) is 0 Å². The van der Waals surface area contributed by atoms with Crippen molar-refractivity contribution in [2.75, 3.05) is 39.4 Å². The van der Waals surface area contributed by atoms with Crippen LogP contribution < -0.4 is 0 Å². The van der Waals surface area contributed by atoms with Gasteiger partial charge >= 0.3 is 0 Å². The molecule has 0 amide bonds. The van der Waals surface area contributed by atoms with Crippen molar-refractivity contribution in [3.05, 3.63) is 34.3 Å². The fourth-order valence-corrected chi connectivity index (χ4v) is 4.32. The second kappa shape index (κ2) is 7.31. The topological polar surface area (TPSA) is 46.4 Å². The lowest BCUT2D eigenvalue weighted by molar-refractivity contribution is 0.0265. The molecule has 2 aliphatic heterocycles. The van der Waals surface area contributed by atoms with Crippen LogP contribution in [0.2, 0.25) is 0 Å². The Labute approximate surface area is 147 Å². The molecule has 0 aliphatic carbocycles. The summed E-state index contributed by atoms with van der Waals surface area (Å²) in [5.41, 5.74) is 1.18. The van der Waals surface area contributed by atoms with E-state index in [2.05, 4.69) is 42.8 Å². The summed E-state index contributed by atoms with van der Waals surface area (Å²) in [6, 6.07) is 0. The van der Waals surface area contributed by atoms with Gasteiger partial charge < -0.3 is 9.30 Å². The van der Waals surface area contributed by atoms with Gasteiger partial charge in [-0.15, -0.1) is 11.3 Å². The van der Waals surface area contributed by atoms with Crippen LogP contribution in [0.5, 0.6) is 0 Å². The minimum absolute atomic E-state index is 0.610. The molecule has 6 nitrogen and oxygen atoms in total. The zero-order valence-electron chi connectivity index (χ0n) is 14.2. The fraction of sp³-hybridized carbons (Fsp3) is 0.647. The Kier molecular flexibility index (Phi) is 4.93. The maximum atomic E-state index is 5.49. The summed E-state index contributed by atoms with van der Waals surface area (Å²) in [4.78, 5) is 14.3. The van der Waals surface area contributed by atoms with E-state index in [1.54, 1.807) is 11.3 Å². The molecule has 2 aliphatic rings. The summed E-state index contributed by atoms with van der Waals surface area (Å²) in [5.74, 6) is 1.78. The maximum absolute atomic E-state index is 5.49. The number of aromatic nitrogens is 3. The van der Waals surface area contributed by atoms with Gasteiger partial charge in [0.15, 0.2) is 0 Å². The first-order valence-electron chi connectivity index (χ1n) is 8.70. The lowest BCUT2D eigenvalue weighted by Crippen LogP contribution is -2.42. The maximum Gasteiger partial charge on any atom is 0.122 e. The molecule has 0 N–H and O–H groups in total. The Balaban J connectivity index is 1.47. The quantitative estimate of drug-likeness (QED) is 0.841. The molecule has 0 bridgehead atoms. The average molecular weight is 347 g/mol. The van der Waals surface area contributed by atoms with Gasteiger partial charge in [0.2, 0.25) is 0 Å². The van der Waals surface area contributed by atoms with E-state index >= 15 is 0 Å². The summed E-state index contributed by atoms with van der Waals surface area (Å²) >= 11 is 1.73. The third kappa shape index (κ3) is 3.85. The molecular formula is C17H25N5OS. The number of morpholine rings is 1. The van der Waals surface area contributed by atoms with Crippen molar-refractivity contribution in [3.8, 4) is 0 Å². The first-order valence-corrected chi connectivity index (χ1v) is 9.58. The third-order valence-corrected chi connectivity index (χ3v) is 5.63. The first kappa shape index (κ1) is 16.2. The molecule has 24 heavy (non-hydrogen) atoms. The number of hydrogen-bond donors (Lipinski definition) is 0. The predicted octanol–water partition coefficient (Wildman–Crippen LogP) is 1.61. The molecule has 0 radical (unpaired) electrons. The van der Waals surface area contributed by atoms with Crippen LogP contribution in [-0.2, 0) is 24.4 Å². The number of nitrogens with zero attached hydrogens (tertiary/aromatic N) is 5. The highest BCUT2D eigenvalue weighted by molar-refractivity contribution is 7.09. The Bertz CT molecular complexity index is 663. The fourth-order valence-electron chi connectivity index (χ4n) is 3.72. The number of hydrogen-bond acceptors (Lipinski definition) is 6. The highest BCUT2D eigenvalue weighted by atomic mass is 32.1. The number of aryl methyl sites for hydroxylation is 1. The van der Waals surface area contributed by atoms with Gasteiger partial charge in [0.05, 0.1) is 30.5 Å². The van der Waals surface area contributed by atoms with E-state index in [1.807, 2.05) is 6.20 Å².